The lowest BCUT2D eigenvalue weighted by atomic mass is 9.97. The molecule has 1 N–H and O–H groups in total. The Balaban J connectivity index is 0.000000131. The second-order valence-electron chi connectivity index (χ2n) is 22.2. The molecule has 12 heterocycles. The summed E-state index contributed by atoms with van der Waals surface area (Å²) in [7, 11) is 3.89. The van der Waals surface area contributed by atoms with Gasteiger partial charge in [0.25, 0.3) is 5.56 Å². The molecule has 0 aliphatic heterocycles. The SMILES string of the molecule is CCN(CC)CCOc1ncc(-c2cc(-c3cc(Cl)ccc3F)nc3ncccc23)c2ccncc12.CN(C)c1ncc(-c2cc(-c3cc(Cl)ccc3F)nc3ncccc23)c2ccncc12.O=c1[nH]cc(-c2cc(-c3cc(Cl)ccc3F)nc3ncccc23)c2ccncc12. The molecule has 16 nitrogen and oxygen atoms in total. The number of pyridine rings is 12. The first-order valence-electron chi connectivity index (χ1n) is 30.3. The average molecular weight is 1330 g/mol. The molecule has 15 rings (SSSR count). The summed E-state index contributed by atoms with van der Waals surface area (Å²) in [5.74, 6) is 0.125. The number of halogens is 6. The minimum atomic E-state index is -0.432. The smallest absolute Gasteiger partial charge is 0.257 e. The number of nitrogens with zero attached hydrogens (tertiary/aromatic N) is 13. The van der Waals surface area contributed by atoms with Crippen LogP contribution in [0.25, 0.3) is 133 Å². The van der Waals surface area contributed by atoms with Crippen LogP contribution in [0.2, 0.25) is 15.1 Å². The molecular weight excluding hydrogens is 1280 g/mol. The van der Waals surface area contributed by atoms with Gasteiger partial charge in [-0.25, -0.2) is 53.0 Å². The van der Waals surface area contributed by atoms with Crippen molar-refractivity contribution in [2.75, 3.05) is 45.2 Å². The fourth-order valence-electron chi connectivity index (χ4n) is 11.5. The highest BCUT2D eigenvalue weighted by molar-refractivity contribution is 6.31. The van der Waals surface area contributed by atoms with Crippen LogP contribution in [-0.2, 0) is 0 Å². The molecule has 0 unspecified atom stereocenters. The number of benzene rings is 3. The molecule has 15 aromatic rings. The Morgan fingerprint density at radius 1 is 0.427 bits per heavy atom. The molecule has 12 aromatic heterocycles. The predicted octanol–water partition coefficient (Wildman–Crippen LogP) is 17.2. The van der Waals surface area contributed by atoms with Gasteiger partial charge in [0.2, 0.25) is 5.88 Å². The molecule has 0 radical (unpaired) electrons. The molecule has 0 saturated heterocycles. The van der Waals surface area contributed by atoms with E-state index in [9.17, 15) is 18.0 Å². The number of fused-ring (bicyclic) bond motifs is 6. The molecule has 0 aliphatic carbocycles. The van der Waals surface area contributed by atoms with Gasteiger partial charge < -0.3 is 19.5 Å². The van der Waals surface area contributed by atoms with E-state index in [0.717, 1.165) is 102 Å². The minimum Gasteiger partial charge on any atom is -0.476 e. The molecular formula is C74H54Cl3F3N14O2. The normalized spacial score (nSPS) is 11.3. The number of likely N-dealkylation sites (N-methyl/N-ethyl adjacent to an activating group) is 1. The van der Waals surface area contributed by atoms with Gasteiger partial charge in [-0.2, -0.15) is 0 Å². The maximum Gasteiger partial charge on any atom is 0.257 e. The summed E-state index contributed by atoms with van der Waals surface area (Å²) >= 11 is 18.4. The number of rotatable bonds is 13. The lowest BCUT2D eigenvalue weighted by Crippen LogP contribution is -2.28. The third-order valence-corrected chi connectivity index (χ3v) is 16.9. The number of H-pyrrole nitrogens is 1. The molecule has 22 heteroatoms. The van der Waals surface area contributed by atoms with E-state index in [-0.39, 0.29) is 11.1 Å². The van der Waals surface area contributed by atoms with Crippen LogP contribution < -0.4 is 15.2 Å². The third kappa shape index (κ3) is 13.0. The summed E-state index contributed by atoms with van der Waals surface area (Å²) < 4.78 is 50.0. The van der Waals surface area contributed by atoms with E-state index < -0.39 is 17.5 Å². The second-order valence-corrected chi connectivity index (χ2v) is 23.5. The van der Waals surface area contributed by atoms with E-state index in [4.69, 9.17) is 39.5 Å². The number of hydrogen-bond acceptors (Lipinski definition) is 15. The fraction of sp³-hybridized carbons (Fsp3) is 0.108. The zero-order valence-electron chi connectivity index (χ0n) is 51.8. The molecule has 0 saturated carbocycles. The van der Waals surface area contributed by atoms with E-state index >= 15 is 0 Å². The standard InChI is InChI=1S/C28H25ClFN5O.C24H17ClFN5.C22H12ClFN4O/c1-3-35(4-2)12-13-36-28-24-16-31-11-9-19(24)23(17-33-28)21-15-26(22-14-18(29)7-8-25(22)30)34-27-20(21)6-5-10-32-27;1-31(2)24-20-12-27-9-7-15(20)19(13-29-24)17-11-22(18-10-14(25)5-6-21(18)26)30-23-16(17)4-3-8-28-23;23-12-3-4-19(24)16(8-12)20-9-15(14-2-1-6-26-21(14)28-20)17-11-27-22(29)18-10-25-7-5-13(17)18/h5-11,14-17H,3-4,12-13H2,1-2H3;3-13H,1-2H3;1-11H,(H,27,29). The summed E-state index contributed by atoms with van der Waals surface area (Å²) in [6, 6.07) is 35.7. The van der Waals surface area contributed by atoms with Gasteiger partial charge in [0.05, 0.1) is 27.9 Å². The summed E-state index contributed by atoms with van der Waals surface area (Å²) in [5.41, 5.74) is 8.47. The Hall–Kier alpha value is -11.0. The van der Waals surface area contributed by atoms with E-state index in [1.165, 1.54) is 48.7 Å². The van der Waals surface area contributed by atoms with Crippen LogP contribution in [0, 0.1) is 17.5 Å². The Morgan fingerprint density at radius 2 is 0.844 bits per heavy atom. The van der Waals surface area contributed by atoms with Gasteiger partial charge in [0, 0.05) is 165 Å². The number of nitrogens with one attached hydrogen (secondary N) is 1. The Bertz CT molecular complexity index is 5530. The Morgan fingerprint density at radius 3 is 1.30 bits per heavy atom. The lowest BCUT2D eigenvalue weighted by molar-refractivity contribution is 0.219. The van der Waals surface area contributed by atoms with Crippen molar-refractivity contribution in [2.24, 2.45) is 0 Å². The summed E-state index contributed by atoms with van der Waals surface area (Å²) in [4.78, 5) is 68.2. The lowest BCUT2D eigenvalue weighted by Gasteiger charge is -2.18. The van der Waals surface area contributed by atoms with Crippen molar-refractivity contribution in [1.29, 1.82) is 0 Å². The minimum absolute atomic E-state index is 0.227. The van der Waals surface area contributed by atoms with Crippen LogP contribution in [0.15, 0.2) is 207 Å². The van der Waals surface area contributed by atoms with Crippen LogP contribution >= 0.6 is 34.8 Å². The second kappa shape index (κ2) is 27.9. The molecule has 96 heavy (non-hydrogen) atoms. The number of hydrogen-bond donors (Lipinski definition) is 1. The summed E-state index contributed by atoms with van der Waals surface area (Å²) in [6.45, 7) is 7.53. The topological polar surface area (TPSA) is 190 Å². The number of anilines is 1. The number of aromatic nitrogens is 12. The van der Waals surface area contributed by atoms with E-state index in [2.05, 4.69) is 78.6 Å². The Kier molecular flexibility index (Phi) is 18.6. The van der Waals surface area contributed by atoms with Crippen LogP contribution in [0.4, 0.5) is 19.0 Å². The van der Waals surface area contributed by atoms with E-state index in [0.29, 0.717) is 78.1 Å². The van der Waals surface area contributed by atoms with Crippen molar-refractivity contribution in [3.63, 3.8) is 0 Å². The zero-order valence-corrected chi connectivity index (χ0v) is 54.0. The first-order chi connectivity index (χ1) is 46.7. The Labute approximate surface area is 562 Å². The molecule has 0 aliphatic rings. The van der Waals surface area contributed by atoms with Gasteiger partial charge >= 0.3 is 0 Å². The van der Waals surface area contributed by atoms with Gasteiger partial charge in [0.15, 0.2) is 16.9 Å². The largest absolute Gasteiger partial charge is 0.476 e. The molecule has 474 valence electrons. The first kappa shape index (κ1) is 63.8. The van der Waals surface area contributed by atoms with Gasteiger partial charge in [-0.1, -0.05) is 48.7 Å². The first-order valence-corrected chi connectivity index (χ1v) is 31.4. The van der Waals surface area contributed by atoms with Crippen molar-refractivity contribution in [2.45, 2.75) is 13.8 Å². The van der Waals surface area contributed by atoms with Gasteiger partial charge in [0.1, 0.15) is 29.9 Å². The van der Waals surface area contributed by atoms with Crippen LogP contribution in [-0.4, -0.2) is 105 Å². The number of aromatic amines is 1. The third-order valence-electron chi connectivity index (χ3n) is 16.2. The maximum absolute atomic E-state index is 14.8. The number of ether oxygens (including phenoxy) is 1. The monoisotopic (exact) mass is 1330 g/mol. The van der Waals surface area contributed by atoms with Crippen LogP contribution in [0.3, 0.4) is 0 Å². The van der Waals surface area contributed by atoms with Crippen LogP contribution in [0.1, 0.15) is 13.8 Å². The summed E-state index contributed by atoms with van der Waals surface area (Å²) in [5, 5.41) is 8.59. The van der Waals surface area contributed by atoms with E-state index in [1.54, 1.807) is 86.2 Å². The van der Waals surface area contributed by atoms with Crippen LogP contribution in [0.5, 0.6) is 5.88 Å². The van der Waals surface area contributed by atoms with Gasteiger partial charge in [-0.15, -0.1) is 0 Å². The highest BCUT2D eigenvalue weighted by Gasteiger charge is 2.22. The quantitative estimate of drug-likeness (QED) is 0.115. The van der Waals surface area contributed by atoms with Gasteiger partial charge in [-0.05, 0) is 173 Å². The predicted molar refractivity (Wildman–Crippen MR) is 376 cm³/mol. The summed E-state index contributed by atoms with van der Waals surface area (Å²) in [6.07, 6.45) is 20.5. The fourth-order valence-corrected chi connectivity index (χ4v) is 12.0. The molecule has 0 amide bonds. The molecule has 0 atom stereocenters. The average Bonchev–Trinajstić information content (AvgIpc) is 0.772. The zero-order chi connectivity index (χ0) is 66.6. The highest BCUT2D eigenvalue weighted by atomic mass is 35.5. The molecule has 3 aromatic carbocycles. The maximum atomic E-state index is 14.8. The van der Waals surface area contributed by atoms with Gasteiger partial charge in [-0.3, -0.25) is 19.7 Å². The molecule has 0 fully saturated rings. The molecule has 0 bridgehead atoms. The van der Waals surface area contributed by atoms with Crippen molar-refractivity contribution < 1.29 is 17.9 Å². The van der Waals surface area contributed by atoms with Crippen molar-refractivity contribution >= 4 is 106 Å². The highest BCUT2D eigenvalue weighted by Crippen LogP contribution is 2.41. The van der Waals surface area contributed by atoms with Crippen molar-refractivity contribution in [3.05, 3.63) is 245 Å². The molecule has 0 spiro atoms. The van der Waals surface area contributed by atoms with E-state index in [1.807, 2.05) is 85.9 Å². The van der Waals surface area contributed by atoms with Crippen molar-refractivity contribution in [3.8, 4) is 73.0 Å². The van der Waals surface area contributed by atoms with Crippen molar-refractivity contribution in [1.82, 2.24) is 64.7 Å².